The van der Waals surface area contributed by atoms with E-state index in [1.54, 1.807) is 4.90 Å². The Morgan fingerprint density at radius 3 is 2.24 bits per heavy atom. The van der Waals surface area contributed by atoms with Gasteiger partial charge >= 0.3 is 12.0 Å². The number of carbonyl (C=O) groups is 3. The number of nitrogens with zero attached hydrogens (tertiary/aromatic N) is 1. The number of nitrogens with one attached hydrogen (secondary N) is 1. The summed E-state index contributed by atoms with van der Waals surface area (Å²) in [4.78, 5) is 35.6. The van der Waals surface area contributed by atoms with Crippen LogP contribution in [0.15, 0.2) is 0 Å². The molecule has 0 aliphatic carbocycles. The summed E-state index contributed by atoms with van der Waals surface area (Å²) >= 11 is 0. The third kappa shape index (κ3) is 6.60. The summed E-state index contributed by atoms with van der Waals surface area (Å²) in [5.74, 6) is 0.0997. The third-order valence-electron chi connectivity index (χ3n) is 4.06. The van der Waals surface area contributed by atoms with Crippen molar-refractivity contribution in [1.82, 2.24) is 10.2 Å². The largest absolute Gasteiger partial charge is 0.481 e. The summed E-state index contributed by atoms with van der Waals surface area (Å²) in [6.45, 7) is 5.78. The van der Waals surface area contributed by atoms with Gasteiger partial charge in [-0.25, -0.2) is 4.79 Å². The van der Waals surface area contributed by atoms with Crippen molar-refractivity contribution in [3.8, 4) is 0 Å². The molecule has 0 aromatic heterocycles. The molecule has 1 saturated heterocycles. The highest BCUT2D eigenvalue weighted by Crippen LogP contribution is 2.24. The predicted molar refractivity (Wildman–Crippen MR) is 78.8 cm³/mol. The van der Waals surface area contributed by atoms with E-state index >= 15 is 0 Å². The topological polar surface area (TPSA) is 86.7 Å². The SMILES string of the molecule is CC(C)C1CCN(C(=O)NC(=O)CCCCC(=O)O)CC1. The van der Waals surface area contributed by atoms with Gasteiger partial charge in [-0.1, -0.05) is 13.8 Å². The Morgan fingerprint density at radius 2 is 1.71 bits per heavy atom. The van der Waals surface area contributed by atoms with E-state index in [-0.39, 0.29) is 24.8 Å². The number of amides is 3. The molecule has 0 spiro atoms. The molecule has 0 aromatic carbocycles. The number of urea groups is 1. The fourth-order valence-corrected chi connectivity index (χ4v) is 2.59. The second-order valence-electron chi connectivity index (χ2n) is 6.02. The van der Waals surface area contributed by atoms with E-state index in [1.807, 2.05) is 0 Å². The molecule has 120 valence electrons. The number of carboxylic acids is 1. The van der Waals surface area contributed by atoms with E-state index in [0.717, 1.165) is 12.8 Å². The lowest BCUT2D eigenvalue weighted by molar-refractivity contribution is -0.137. The number of hydrogen-bond acceptors (Lipinski definition) is 3. The highest BCUT2D eigenvalue weighted by atomic mass is 16.4. The summed E-state index contributed by atoms with van der Waals surface area (Å²) in [7, 11) is 0. The van der Waals surface area contributed by atoms with Gasteiger partial charge in [-0.05, 0) is 37.5 Å². The number of hydrogen-bond donors (Lipinski definition) is 2. The van der Waals surface area contributed by atoms with Gasteiger partial charge in [-0.2, -0.15) is 0 Å². The summed E-state index contributed by atoms with van der Waals surface area (Å²) < 4.78 is 0. The first-order valence-corrected chi connectivity index (χ1v) is 7.70. The smallest absolute Gasteiger partial charge is 0.324 e. The quantitative estimate of drug-likeness (QED) is 0.736. The van der Waals surface area contributed by atoms with E-state index < -0.39 is 5.97 Å². The number of carbonyl (C=O) groups excluding carboxylic acids is 2. The zero-order chi connectivity index (χ0) is 15.8. The van der Waals surface area contributed by atoms with Crippen LogP contribution in [0.4, 0.5) is 4.79 Å². The first kappa shape index (κ1) is 17.5. The lowest BCUT2D eigenvalue weighted by atomic mass is 9.87. The van der Waals surface area contributed by atoms with Gasteiger partial charge in [0, 0.05) is 25.9 Å². The molecule has 1 heterocycles. The number of piperidine rings is 1. The molecule has 6 heteroatoms. The standard InChI is InChI=1S/C15H26N2O4/c1-11(2)12-7-9-17(10-8-12)15(21)16-13(18)5-3-4-6-14(19)20/h11-12H,3-10H2,1-2H3,(H,19,20)(H,16,18,21). The van der Waals surface area contributed by atoms with E-state index in [2.05, 4.69) is 19.2 Å². The van der Waals surface area contributed by atoms with E-state index in [4.69, 9.17) is 5.11 Å². The van der Waals surface area contributed by atoms with Gasteiger partial charge in [0.05, 0.1) is 0 Å². The van der Waals surface area contributed by atoms with Gasteiger partial charge in [0.25, 0.3) is 0 Å². The lowest BCUT2D eigenvalue weighted by Gasteiger charge is -2.33. The molecule has 1 aliphatic rings. The number of imide groups is 1. The Balaban J connectivity index is 2.21. The zero-order valence-electron chi connectivity index (χ0n) is 12.9. The molecule has 1 aliphatic heterocycles. The van der Waals surface area contributed by atoms with Crippen LogP contribution in [0.25, 0.3) is 0 Å². The third-order valence-corrected chi connectivity index (χ3v) is 4.06. The van der Waals surface area contributed by atoms with E-state index in [1.165, 1.54) is 0 Å². The van der Waals surface area contributed by atoms with E-state index in [9.17, 15) is 14.4 Å². The van der Waals surface area contributed by atoms with Crippen LogP contribution < -0.4 is 5.32 Å². The van der Waals surface area contributed by atoms with Gasteiger partial charge in [0.1, 0.15) is 0 Å². The first-order valence-electron chi connectivity index (χ1n) is 7.70. The molecule has 6 nitrogen and oxygen atoms in total. The Morgan fingerprint density at radius 1 is 1.14 bits per heavy atom. The average Bonchev–Trinajstić information content (AvgIpc) is 2.43. The Bertz CT molecular complexity index is 374. The fourth-order valence-electron chi connectivity index (χ4n) is 2.59. The summed E-state index contributed by atoms with van der Waals surface area (Å²) in [5, 5.41) is 10.9. The Hall–Kier alpha value is -1.59. The van der Waals surface area contributed by atoms with Crippen molar-refractivity contribution in [3.63, 3.8) is 0 Å². The van der Waals surface area contributed by atoms with Crippen molar-refractivity contribution < 1.29 is 19.5 Å². The molecule has 1 fully saturated rings. The van der Waals surface area contributed by atoms with Gasteiger partial charge in [-0.3, -0.25) is 14.9 Å². The van der Waals surface area contributed by atoms with Crippen LogP contribution in [0.2, 0.25) is 0 Å². The van der Waals surface area contributed by atoms with Crippen LogP contribution in [0.5, 0.6) is 0 Å². The maximum absolute atomic E-state index is 11.9. The average molecular weight is 298 g/mol. The lowest BCUT2D eigenvalue weighted by Crippen LogP contribution is -2.46. The number of likely N-dealkylation sites (tertiary alicyclic amines) is 1. The first-order chi connectivity index (χ1) is 9.90. The molecule has 1 rings (SSSR count). The van der Waals surface area contributed by atoms with Crippen LogP contribution in [-0.4, -0.2) is 41.0 Å². The minimum atomic E-state index is -0.862. The summed E-state index contributed by atoms with van der Waals surface area (Å²) in [6, 6.07) is -0.319. The molecule has 0 radical (unpaired) electrons. The molecule has 0 aromatic rings. The van der Waals surface area contributed by atoms with Gasteiger partial charge in [0.15, 0.2) is 0 Å². The van der Waals surface area contributed by atoms with Crippen molar-refractivity contribution in [1.29, 1.82) is 0 Å². The van der Waals surface area contributed by atoms with Crippen molar-refractivity contribution in [2.24, 2.45) is 11.8 Å². The normalized spacial score (nSPS) is 16.0. The van der Waals surface area contributed by atoms with Crippen molar-refractivity contribution in [2.45, 2.75) is 52.4 Å². The molecular weight excluding hydrogens is 272 g/mol. The molecular formula is C15H26N2O4. The highest BCUT2D eigenvalue weighted by Gasteiger charge is 2.25. The van der Waals surface area contributed by atoms with Gasteiger partial charge < -0.3 is 10.0 Å². The maximum atomic E-state index is 11.9. The van der Waals surface area contributed by atoms with Crippen molar-refractivity contribution in [3.05, 3.63) is 0 Å². The predicted octanol–water partition coefficient (Wildman–Crippen LogP) is 2.24. The van der Waals surface area contributed by atoms with Gasteiger partial charge in [-0.15, -0.1) is 0 Å². The van der Waals surface area contributed by atoms with Crippen LogP contribution in [0.3, 0.4) is 0 Å². The van der Waals surface area contributed by atoms with Crippen LogP contribution in [0.1, 0.15) is 52.4 Å². The number of unbranched alkanes of at least 4 members (excludes halogenated alkanes) is 1. The summed E-state index contributed by atoms with van der Waals surface area (Å²) in [5.41, 5.74) is 0. The van der Waals surface area contributed by atoms with E-state index in [0.29, 0.717) is 37.8 Å². The zero-order valence-corrected chi connectivity index (χ0v) is 12.9. The molecule has 0 atom stereocenters. The van der Waals surface area contributed by atoms with Crippen LogP contribution >= 0.6 is 0 Å². The second-order valence-corrected chi connectivity index (χ2v) is 6.02. The Labute approximate surface area is 125 Å². The molecule has 21 heavy (non-hydrogen) atoms. The molecule has 0 unspecified atom stereocenters. The molecule has 0 saturated carbocycles. The van der Waals surface area contributed by atoms with Gasteiger partial charge in [0.2, 0.25) is 5.91 Å². The number of aliphatic carboxylic acids is 1. The fraction of sp³-hybridized carbons (Fsp3) is 0.800. The monoisotopic (exact) mass is 298 g/mol. The van der Waals surface area contributed by atoms with Crippen molar-refractivity contribution >= 4 is 17.9 Å². The summed E-state index contributed by atoms with van der Waals surface area (Å²) in [6.07, 6.45) is 3.17. The maximum Gasteiger partial charge on any atom is 0.324 e. The highest BCUT2D eigenvalue weighted by molar-refractivity contribution is 5.94. The molecule has 3 amide bonds. The van der Waals surface area contributed by atoms with Crippen molar-refractivity contribution in [2.75, 3.05) is 13.1 Å². The number of rotatable bonds is 6. The van der Waals surface area contributed by atoms with Crippen LogP contribution in [-0.2, 0) is 9.59 Å². The number of carboxylic acid groups (broad SMARTS) is 1. The second kappa shape index (κ2) is 8.64. The molecule has 2 N–H and O–H groups in total. The van der Waals surface area contributed by atoms with Crippen LogP contribution in [0, 0.1) is 11.8 Å². The Kier molecular flexibility index (Phi) is 7.19. The minimum Gasteiger partial charge on any atom is -0.481 e. The molecule has 0 bridgehead atoms. The minimum absolute atomic E-state index is 0.0595.